The SMILES string of the molecule is CCc1nsc(NC(=O)NC2(CCN3CC(Oc4ccc(Cl)cc4)C3)CCC2)n1. The fourth-order valence-corrected chi connectivity index (χ4v) is 4.49. The summed E-state index contributed by atoms with van der Waals surface area (Å²) >= 11 is 7.13. The van der Waals surface area contributed by atoms with Gasteiger partial charge in [-0.1, -0.05) is 18.5 Å². The minimum Gasteiger partial charge on any atom is -0.488 e. The molecular formula is C20H26ClN5O2S. The monoisotopic (exact) mass is 435 g/mol. The topological polar surface area (TPSA) is 79.4 Å². The average molecular weight is 436 g/mol. The third-order valence-electron chi connectivity index (χ3n) is 5.64. The lowest BCUT2D eigenvalue weighted by Crippen LogP contribution is -2.59. The summed E-state index contributed by atoms with van der Waals surface area (Å²) in [5, 5.41) is 7.28. The van der Waals surface area contributed by atoms with E-state index in [9.17, 15) is 4.79 Å². The van der Waals surface area contributed by atoms with Crippen molar-refractivity contribution in [3.8, 4) is 5.75 Å². The van der Waals surface area contributed by atoms with Crippen LogP contribution in [0.3, 0.4) is 0 Å². The van der Waals surface area contributed by atoms with Gasteiger partial charge in [0.2, 0.25) is 5.13 Å². The lowest BCUT2D eigenvalue weighted by atomic mass is 9.74. The summed E-state index contributed by atoms with van der Waals surface area (Å²) in [6.45, 7) is 4.78. The minimum atomic E-state index is -0.184. The Morgan fingerprint density at radius 3 is 2.72 bits per heavy atom. The van der Waals surface area contributed by atoms with Crippen LogP contribution in [0.25, 0.3) is 0 Å². The number of amides is 2. The molecule has 0 unspecified atom stereocenters. The number of aryl methyl sites for hydroxylation is 1. The number of likely N-dealkylation sites (tertiary alicyclic amines) is 1. The third-order valence-corrected chi connectivity index (χ3v) is 6.56. The normalized spacial score (nSPS) is 18.6. The van der Waals surface area contributed by atoms with E-state index in [1.165, 1.54) is 11.5 Å². The predicted molar refractivity (Wildman–Crippen MR) is 115 cm³/mol. The van der Waals surface area contributed by atoms with E-state index < -0.39 is 0 Å². The van der Waals surface area contributed by atoms with Crippen molar-refractivity contribution in [1.29, 1.82) is 0 Å². The first kappa shape index (κ1) is 20.4. The second-order valence-electron chi connectivity index (χ2n) is 7.79. The number of halogens is 1. The number of hydrogen-bond donors (Lipinski definition) is 2. The molecule has 1 aliphatic carbocycles. The summed E-state index contributed by atoms with van der Waals surface area (Å²) in [5.74, 6) is 1.62. The van der Waals surface area contributed by atoms with Gasteiger partial charge in [-0.25, -0.2) is 9.78 Å². The van der Waals surface area contributed by atoms with Crippen molar-refractivity contribution in [2.45, 2.75) is 50.7 Å². The van der Waals surface area contributed by atoms with E-state index in [2.05, 4.69) is 24.9 Å². The van der Waals surface area contributed by atoms with Crippen LogP contribution in [0.15, 0.2) is 24.3 Å². The van der Waals surface area contributed by atoms with Crippen LogP contribution in [0.2, 0.25) is 5.02 Å². The quantitative estimate of drug-likeness (QED) is 0.656. The van der Waals surface area contributed by atoms with E-state index >= 15 is 0 Å². The molecule has 1 saturated carbocycles. The molecule has 7 nitrogen and oxygen atoms in total. The van der Waals surface area contributed by atoms with Gasteiger partial charge in [0.15, 0.2) is 0 Å². The van der Waals surface area contributed by atoms with Gasteiger partial charge in [-0.2, -0.15) is 4.37 Å². The maximum atomic E-state index is 12.4. The zero-order valence-corrected chi connectivity index (χ0v) is 18.1. The van der Waals surface area contributed by atoms with Gasteiger partial charge >= 0.3 is 6.03 Å². The van der Waals surface area contributed by atoms with Crippen molar-refractivity contribution in [1.82, 2.24) is 19.6 Å². The Hall–Kier alpha value is -1.90. The van der Waals surface area contributed by atoms with E-state index in [4.69, 9.17) is 16.3 Å². The first-order valence-corrected chi connectivity index (χ1v) is 11.2. The molecule has 2 fully saturated rings. The van der Waals surface area contributed by atoms with Crippen molar-refractivity contribution in [3.05, 3.63) is 35.1 Å². The van der Waals surface area contributed by atoms with E-state index in [0.29, 0.717) is 10.2 Å². The summed E-state index contributed by atoms with van der Waals surface area (Å²) in [4.78, 5) is 19.1. The molecule has 29 heavy (non-hydrogen) atoms. The molecule has 0 radical (unpaired) electrons. The number of aromatic nitrogens is 2. The van der Waals surface area contributed by atoms with Gasteiger partial charge in [0, 0.05) is 48.1 Å². The molecule has 2 heterocycles. The maximum absolute atomic E-state index is 12.4. The summed E-state index contributed by atoms with van der Waals surface area (Å²) < 4.78 is 10.2. The van der Waals surface area contributed by atoms with Crippen LogP contribution in [0.4, 0.5) is 9.93 Å². The van der Waals surface area contributed by atoms with Gasteiger partial charge in [0.1, 0.15) is 17.7 Å². The Balaban J connectivity index is 1.19. The third kappa shape index (κ3) is 5.18. The van der Waals surface area contributed by atoms with E-state index in [-0.39, 0.29) is 17.7 Å². The van der Waals surface area contributed by atoms with Gasteiger partial charge in [0.05, 0.1) is 0 Å². The average Bonchev–Trinajstić information content (AvgIpc) is 3.10. The number of carbonyl (C=O) groups excluding carboxylic acids is 1. The van der Waals surface area contributed by atoms with Crippen molar-refractivity contribution in [3.63, 3.8) is 0 Å². The molecule has 1 saturated heterocycles. The lowest BCUT2D eigenvalue weighted by molar-refractivity contribution is 0.0101. The van der Waals surface area contributed by atoms with Crippen LogP contribution in [0.5, 0.6) is 5.75 Å². The van der Waals surface area contributed by atoms with Gasteiger partial charge < -0.3 is 10.1 Å². The molecule has 2 amide bonds. The Labute approximate surface area is 180 Å². The number of carbonyl (C=O) groups is 1. The van der Waals surface area contributed by atoms with Crippen molar-refractivity contribution < 1.29 is 9.53 Å². The van der Waals surface area contributed by atoms with E-state index in [0.717, 1.165) is 63.3 Å². The van der Waals surface area contributed by atoms with Gasteiger partial charge in [0.25, 0.3) is 0 Å². The number of rotatable bonds is 8. The highest BCUT2D eigenvalue weighted by atomic mass is 35.5. The molecule has 156 valence electrons. The highest BCUT2D eigenvalue weighted by molar-refractivity contribution is 7.09. The van der Waals surface area contributed by atoms with Gasteiger partial charge in [-0.3, -0.25) is 10.2 Å². The van der Waals surface area contributed by atoms with Gasteiger partial charge in [-0.05, 0) is 49.9 Å². The summed E-state index contributed by atoms with van der Waals surface area (Å²) in [7, 11) is 0. The predicted octanol–water partition coefficient (Wildman–Crippen LogP) is 3.95. The molecule has 2 aliphatic rings. The van der Waals surface area contributed by atoms with E-state index in [1.54, 1.807) is 0 Å². The van der Waals surface area contributed by atoms with Crippen LogP contribution in [-0.4, -0.2) is 51.6 Å². The fraction of sp³-hybridized carbons (Fsp3) is 0.550. The smallest absolute Gasteiger partial charge is 0.321 e. The van der Waals surface area contributed by atoms with Crippen molar-refractivity contribution in [2.75, 3.05) is 25.0 Å². The Morgan fingerprint density at radius 2 is 2.10 bits per heavy atom. The molecule has 0 spiro atoms. The van der Waals surface area contributed by atoms with Crippen LogP contribution >= 0.6 is 23.1 Å². The highest BCUT2D eigenvalue weighted by Gasteiger charge is 2.40. The number of benzene rings is 1. The summed E-state index contributed by atoms with van der Waals surface area (Å²) in [5.41, 5.74) is -0.107. The molecule has 2 aromatic rings. The molecule has 1 aliphatic heterocycles. The summed E-state index contributed by atoms with van der Waals surface area (Å²) in [6, 6.07) is 7.30. The van der Waals surface area contributed by atoms with Crippen molar-refractivity contribution >= 4 is 34.3 Å². The Kier molecular flexibility index (Phi) is 6.22. The molecule has 1 aromatic carbocycles. The lowest BCUT2D eigenvalue weighted by Gasteiger charge is -2.46. The second kappa shape index (κ2) is 8.85. The highest BCUT2D eigenvalue weighted by Crippen LogP contribution is 2.35. The van der Waals surface area contributed by atoms with Crippen LogP contribution in [0.1, 0.15) is 38.4 Å². The number of nitrogens with one attached hydrogen (secondary N) is 2. The maximum Gasteiger partial charge on any atom is 0.321 e. The molecule has 9 heteroatoms. The number of hydrogen-bond acceptors (Lipinski definition) is 6. The molecule has 2 N–H and O–H groups in total. The first-order valence-electron chi connectivity index (χ1n) is 10.1. The number of nitrogens with zero attached hydrogens (tertiary/aromatic N) is 3. The Morgan fingerprint density at radius 1 is 1.34 bits per heavy atom. The second-order valence-corrected chi connectivity index (χ2v) is 8.97. The standard InChI is InChI=1S/C20H26ClN5O2S/c1-2-17-22-19(29-25-17)23-18(27)24-20(8-3-9-20)10-11-26-12-16(13-26)28-15-6-4-14(21)5-7-15/h4-7,16H,2-3,8-13H2,1H3,(H2,22,23,24,25,27). The molecular weight excluding hydrogens is 410 g/mol. The van der Waals surface area contributed by atoms with E-state index in [1.807, 2.05) is 31.2 Å². The largest absolute Gasteiger partial charge is 0.488 e. The number of urea groups is 1. The zero-order valence-electron chi connectivity index (χ0n) is 16.5. The molecule has 0 bridgehead atoms. The zero-order chi connectivity index (χ0) is 20.3. The fourth-order valence-electron chi connectivity index (χ4n) is 3.72. The van der Waals surface area contributed by atoms with Crippen LogP contribution < -0.4 is 15.4 Å². The van der Waals surface area contributed by atoms with Crippen LogP contribution in [0, 0.1) is 0 Å². The number of anilines is 1. The first-order chi connectivity index (χ1) is 14.0. The number of ether oxygens (including phenoxy) is 1. The van der Waals surface area contributed by atoms with Crippen LogP contribution in [-0.2, 0) is 6.42 Å². The molecule has 4 rings (SSSR count). The molecule has 1 aromatic heterocycles. The summed E-state index contributed by atoms with van der Waals surface area (Å²) in [6.07, 6.45) is 5.13. The van der Waals surface area contributed by atoms with Crippen molar-refractivity contribution in [2.24, 2.45) is 0 Å². The Bertz CT molecular complexity index is 834. The minimum absolute atomic E-state index is 0.107. The molecule has 0 atom stereocenters. The van der Waals surface area contributed by atoms with Gasteiger partial charge in [-0.15, -0.1) is 0 Å².